The summed E-state index contributed by atoms with van der Waals surface area (Å²) in [6.07, 6.45) is 3.60. The van der Waals surface area contributed by atoms with Gasteiger partial charge in [-0.2, -0.15) is 0 Å². The Morgan fingerprint density at radius 3 is 2.17 bits per heavy atom. The highest BCUT2D eigenvalue weighted by atomic mass is 35.5. The molecule has 0 heterocycles. The molecule has 0 unspecified atom stereocenters. The van der Waals surface area contributed by atoms with Crippen molar-refractivity contribution in [3.8, 4) is 0 Å². The molecule has 1 aromatic carbocycles. The first-order valence-corrected chi connectivity index (χ1v) is 8.78. The Hall–Kier alpha value is -0.250. The molecular formula is C13H18Cl2O2S. The van der Waals surface area contributed by atoms with Crippen molar-refractivity contribution < 1.29 is 8.42 Å². The lowest BCUT2D eigenvalue weighted by Crippen LogP contribution is -2.09. The highest BCUT2D eigenvalue weighted by molar-refractivity contribution is 7.90. The lowest BCUT2D eigenvalue weighted by Gasteiger charge is -2.04. The molecule has 0 saturated heterocycles. The number of alkyl halides is 1. The van der Waals surface area contributed by atoms with E-state index >= 15 is 0 Å². The maximum atomic E-state index is 11.9. The molecule has 0 aliphatic heterocycles. The van der Waals surface area contributed by atoms with Gasteiger partial charge in [-0.15, -0.1) is 11.6 Å². The minimum Gasteiger partial charge on any atom is -0.228 e. The lowest BCUT2D eigenvalue weighted by atomic mass is 10.2. The van der Waals surface area contributed by atoms with E-state index in [0.717, 1.165) is 24.8 Å². The van der Waals surface area contributed by atoms with Crippen LogP contribution in [0.5, 0.6) is 0 Å². The predicted molar refractivity (Wildman–Crippen MR) is 78.1 cm³/mol. The van der Waals surface area contributed by atoms with E-state index in [1.54, 1.807) is 24.3 Å². The van der Waals surface area contributed by atoms with Crippen LogP contribution in [0.2, 0.25) is 5.02 Å². The van der Waals surface area contributed by atoms with Crippen molar-refractivity contribution in [3.63, 3.8) is 0 Å². The van der Waals surface area contributed by atoms with Crippen LogP contribution < -0.4 is 0 Å². The monoisotopic (exact) mass is 308 g/mol. The number of hydrogen-bond acceptors (Lipinski definition) is 2. The zero-order valence-corrected chi connectivity index (χ0v) is 12.6. The van der Waals surface area contributed by atoms with Crippen LogP contribution in [-0.2, 0) is 15.6 Å². The summed E-state index contributed by atoms with van der Waals surface area (Å²) in [5.74, 6) is 0.995. The van der Waals surface area contributed by atoms with Gasteiger partial charge in [-0.25, -0.2) is 8.42 Å². The molecule has 0 bridgehead atoms. The van der Waals surface area contributed by atoms with Gasteiger partial charge in [-0.3, -0.25) is 0 Å². The molecule has 1 rings (SSSR count). The van der Waals surface area contributed by atoms with Crippen molar-refractivity contribution in [2.24, 2.45) is 0 Å². The van der Waals surface area contributed by atoms with Gasteiger partial charge in [0.15, 0.2) is 9.84 Å². The zero-order chi connectivity index (χ0) is 13.4. The average molecular weight is 309 g/mol. The van der Waals surface area contributed by atoms with Gasteiger partial charge in [0.1, 0.15) is 0 Å². The quantitative estimate of drug-likeness (QED) is 0.536. The highest BCUT2D eigenvalue weighted by Gasteiger charge is 2.11. The summed E-state index contributed by atoms with van der Waals surface area (Å²) >= 11 is 11.3. The Morgan fingerprint density at radius 1 is 0.944 bits per heavy atom. The van der Waals surface area contributed by atoms with Crippen LogP contribution in [0.25, 0.3) is 0 Å². The summed E-state index contributed by atoms with van der Waals surface area (Å²) in [6.45, 7) is 0. The predicted octanol–water partition coefficient (Wildman–Crippen LogP) is 4.05. The number of unbranched alkanes of at least 4 members (excludes halogenated alkanes) is 3. The SMILES string of the molecule is O=S(=O)(CCCCCCCl)Cc1ccc(Cl)cc1. The molecule has 0 aliphatic rings. The Bertz CT molecular complexity index is 441. The smallest absolute Gasteiger partial charge is 0.154 e. The van der Waals surface area contributed by atoms with E-state index < -0.39 is 9.84 Å². The second-order valence-electron chi connectivity index (χ2n) is 4.32. The van der Waals surface area contributed by atoms with Crippen LogP contribution in [0.1, 0.15) is 31.2 Å². The summed E-state index contributed by atoms with van der Waals surface area (Å²) in [6, 6.07) is 6.94. The van der Waals surface area contributed by atoms with Gasteiger partial charge < -0.3 is 0 Å². The fourth-order valence-corrected chi connectivity index (χ4v) is 3.48. The minimum absolute atomic E-state index is 0.0969. The summed E-state index contributed by atoms with van der Waals surface area (Å²) in [5.41, 5.74) is 0.792. The fraction of sp³-hybridized carbons (Fsp3) is 0.538. The standard InChI is InChI=1S/C13H18Cl2O2S/c14-9-3-1-2-4-10-18(16,17)11-12-5-7-13(15)8-6-12/h5-8H,1-4,9-11H2. The Balaban J connectivity index is 2.37. The molecule has 1 aromatic rings. The maximum absolute atomic E-state index is 11.9. The van der Waals surface area contributed by atoms with E-state index in [2.05, 4.69) is 0 Å². The summed E-state index contributed by atoms with van der Waals surface area (Å²) < 4.78 is 23.7. The number of rotatable bonds is 8. The van der Waals surface area contributed by atoms with E-state index in [0.29, 0.717) is 17.3 Å². The molecule has 18 heavy (non-hydrogen) atoms. The molecule has 0 atom stereocenters. The van der Waals surface area contributed by atoms with Crippen LogP contribution >= 0.6 is 23.2 Å². The zero-order valence-electron chi connectivity index (χ0n) is 10.2. The summed E-state index contributed by atoms with van der Waals surface area (Å²) in [4.78, 5) is 0. The third-order valence-corrected chi connectivity index (χ3v) is 4.84. The molecule has 0 spiro atoms. The molecule has 0 aromatic heterocycles. The van der Waals surface area contributed by atoms with Crippen LogP contribution in [0.3, 0.4) is 0 Å². The summed E-state index contributed by atoms with van der Waals surface area (Å²) in [7, 11) is -3.01. The molecule has 2 nitrogen and oxygen atoms in total. The molecule has 0 radical (unpaired) electrons. The molecule has 0 N–H and O–H groups in total. The molecule has 102 valence electrons. The van der Waals surface area contributed by atoms with Crippen LogP contribution in [-0.4, -0.2) is 20.1 Å². The van der Waals surface area contributed by atoms with Crippen molar-refractivity contribution in [1.82, 2.24) is 0 Å². The molecule has 0 fully saturated rings. The Kier molecular flexibility index (Phi) is 7.05. The van der Waals surface area contributed by atoms with Crippen molar-refractivity contribution in [3.05, 3.63) is 34.9 Å². The first kappa shape index (κ1) is 15.8. The molecule has 5 heteroatoms. The van der Waals surface area contributed by atoms with Gasteiger partial charge >= 0.3 is 0 Å². The topological polar surface area (TPSA) is 34.1 Å². The van der Waals surface area contributed by atoms with E-state index in [1.165, 1.54) is 0 Å². The van der Waals surface area contributed by atoms with Gasteiger partial charge in [0.2, 0.25) is 0 Å². The third-order valence-electron chi connectivity index (χ3n) is 2.64. The molecule has 0 amide bonds. The number of benzene rings is 1. The van der Waals surface area contributed by atoms with Crippen molar-refractivity contribution in [2.45, 2.75) is 31.4 Å². The molecular weight excluding hydrogens is 291 g/mol. The normalized spacial score (nSPS) is 11.7. The number of sulfone groups is 1. The van der Waals surface area contributed by atoms with Gasteiger partial charge in [0.25, 0.3) is 0 Å². The van der Waals surface area contributed by atoms with E-state index in [-0.39, 0.29) is 11.5 Å². The first-order valence-electron chi connectivity index (χ1n) is 6.04. The third kappa shape index (κ3) is 6.62. The van der Waals surface area contributed by atoms with Gasteiger partial charge in [0.05, 0.1) is 11.5 Å². The minimum atomic E-state index is -3.01. The number of hydrogen-bond donors (Lipinski definition) is 0. The Morgan fingerprint density at radius 2 is 1.56 bits per heavy atom. The number of halogens is 2. The van der Waals surface area contributed by atoms with Crippen LogP contribution in [0, 0.1) is 0 Å². The van der Waals surface area contributed by atoms with Crippen LogP contribution in [0.15, 0.2) is 24.3 Å². The largest absolute Gasteiger partial charge is 0.228 e. The molecule has 0 saturated carbocycles. The van der Waals surface area contributed by atoms with Crippen molar-refractivity contribution in [2.75, 3.05) is 11.6 Å². The van der Waals surface area contributed by atoms with Gasteiger partial charge in [0, 0.05) is 10.9 Å². The average Bonchev–Trinajstić information content (AvgIpc) is 2.31. The van der Waals surface area contributed by atoms with Crippen molar-refractivity contribution >= 4 is 33.0 Å². The maximum Gasteiger partial charge on any atom is 0.154 e. The van der Waals surface area contributed by atoms with E-state index in [1.807, 2.05) is 0 Å². The first-order chi connectivity index (χ1) is 8.53. The van der Waals surface area contributed by atoms with Gasteiger partial charge in [-0.05, 0) is 30.5 Å². The lowest BCUT2D eigenvalue weighted by molar-refractivity contribution is 0.588. The van der Waals surface area contributed by atoms with Crippen LogP contribution in [0.4, 0.5) is 0 Å². The summed E-state index contributed by atoms with van der Waals surface area (Å²) in [5, 5.41) is 0.622. The van der Waals surface area contributed by atoms with Crippen molar-refractivity contribution in [1.29, 1.82) is 0 Å². The second kappa shape index (κ2) is 8.03. The van der Waals surface area contributed by atoms with Gasteiger partial charge in [-0.1, -0.05) is 36.6 Å². The molecule has 0 aliphatic carbocycles. The fourth-order valence-electron chi connectivity index (χ4n) is 1.68. The van der Waals surface area contributed by atoms with E-state index in [9.17, 15) is 8.42 Å². The highest BCUT2D eigenvalue weighted by Crippen LogP contribution is 2.13. The second-order valence-corrected chi connectivity index (χ2v) is 7.32. The van der Waals surface area contributed by atoms with E-state index in [4.69, 9.17) is 23.2 Å². The Labute approximate surface area is 119 Å².